The number of imidazole rings is 1. The number of rotatable bonds is 11. The fourth-order valence-electron chi connectivity index (χ4n) is 5.92. The summed E-state index contributed by atoms with van der Waals surface area (Å²) in [7, 11) is 0. The van der Waals surface area contributed by atoms with E-state index in [1.54, 1.807) is 25.1 Å². The van der Waals surface area contributed by atoms with E-state index in [4.69, 9.17) is 26.1 Å². The minimum atomic E-state index is -1.07. The minimum Gasteiger partial charge on any atom is -0.505 e. The minimum absolute atomic E-state index is 0.116. The molecule has 3 aromatic heterocycles. The summed E-state index contributed by atoms with van der Waals surface area (Å²) in [6, 6.07) is 25.2. The molecular formula is C38H32ClN5O5S2. The molecule has 51 heavy (non-hydrogen) atoms. The van der Waals surface area contributed by atoms with Crippen LogP contribution in [0.1, 0.15) is 46.6 Å². The van der Waals surface area contributed by atoms with Crippen LogP contribution in [0.25, 0.3) is 11.4 Å². The molecule has 10 nitrogen and oxygen atoms in total. The number of aryl methyl sites for hydroxylation is 2. The number of carbonyl (C=O) groups is 2. The van der Waals surface area contributed by atoms with Gasteiger partial charge in [0.15, 0.2) is 21.6 Å². The van der Waals surface area contributed by atoms with E-state index in [0.717, 1.165) is 16.7 Å². The molecule has 0 saturated carbocycles. The van der Waals surface area contributed by atoms with Crippen LogP contribution in [-0.4, -0.2) is 43.0 Å². The molecule has 1 amide bonds. The molecule has 1 aliphatic rings. The molecule has 0 spiro atoms. The largest absolute Gasteiger partial charge is 0.505 e. The summed E-state index contributed by atoms with van der Waals surface area (Å²) in [6.45, 7) is 6.24. The first kappa shape index (κ1) is 34.3. The van der Waals surface area contributed by atoms with Crippen LogP contribution < -0.4 is 14.4 Å². The summed E-state index contributed by atoms with van der Waals surface area (Å²) in [5.74, 6) is -0.573. The number of anilines is 1. The van der Waals surface area contributed by atoms with E-state index in [-0.39, 0.29) is 22.2 Å². The monoisotopic (exact) mass is 737 g/mol. The van der Waals surface area contributed by atoms with Crippen molar-refractivity contribution in [2.75, 3.05) is 11.5 Å². The molecule has 13 heteroatoms. The molecule has 1 N–H and O–H groups in total. The molecular weight excluding hydrogens is 706 g/mol. The first-order valence-electron chi connectivity index (χ1n) is 16.1. The summed E-state index contributed by atoms with van der Waals surface area (Å²) in [6.07, 6.45) is 1.84. The van der Waals surface area contributed by atoms with E-state index in [1.165, 1.54) is 28.0 Å². The SMILES string of the molecule is CCOc1cc(C2/C(=C(\O)c3nc4c(C)cccn4c3C)C(=O)C(=O)N2c2nnc(SCc3ccc(Cl)cc3)s2)ccc1OCc1ccccc1. The average Bonchev–Trinajstić information content (AvgIpc) is 3.82. The quantitative estimate of drug-likeness (QED) is 0.0460. The first-order chi connectivity index (χ1) is 24.7. The van der Waals surface area contributed by atoms with E-state index in [1.807, 2.05) is 91.2 Å². The van der Waals surface area contributed by atoms with Crippen LogP contribution in [0, 0.1) is 13.8 Å². The Labute approximate surface area is 307 Å². The van der Waals surface area contributed by atoms with Gasteiger partial charge in [-0.2, -0.15) is 0 Å². The lowest BCUT2D eigenvalue weighted by molar-refractivity contribution is -0.132. The second-order valence-corrected chi connectivity index (χ2v) is 14.4. The number of halogens is 1. The van der Waals surface area contributed by atoms with Crippen LogP contribution in [0.15, 0.2) is 101 Å². The van der Waals surface area contributed by atoms with Gasteiger partial charge >= 0.3 is 5.91 Å². The number of ketones is 1. The van der Waals surface area contributed by atoms with Crippen molar-refractivity contribution in [3.05, 3.63) is 135 Å². The summed E-state index contributed by atoms with van der Waals surface area (Å²) in [5, 5.41) is 21.5. The lowest BCUT2D eigenvalue weighted by Gasteiger charge is -2.23. The van der Waals surface area contributed by atoms with Crippen molar-refractivity contribution in [2.24, 2.45) is 0 Å². The third-order valence-electron chi connectivity index (χ3n) is 8.45. The third-order valence-corrected chi connectivity index (χ3v) is 10.8. The summed E-state index contributed by atoms with van der Waals surface area (Å²) in [4.78, 5) is 34.0. The Morgan fingerprint density at radius 2 is 1.73 bits per heavy atom. The zero-order valence-electron chi connectivity index (χ0n) is 27.9. The Morgan fingerprint density at radius 1 is 0.941 bits per heavy atom. The van der Waals surface area contributed by atoms with Gasteiger partial charge in [-0.1, -0.05) is 89.3 Å². The number of pyridine rings is 1. The third kappa shape index (κ3) is 6.82. The highest BCUT2D eigenvalue weighted by atomic mass is 35.5. The lowest BCUT2D eigenvalue weighted by atomic mass is 9.96. The number of Topliss-reactive ketones (excluding diaryl/α,β-unsaturated/α-hetero) is 1. The zero-order chi connectivity index (χ0) is 35.6. The van der Waals surface area contributed by atoms with Gasteiger partial charge in [0.1, 0.15) is 17.9 Å². The number of carbonyl (C=O) groups excluding carboxylic acids is 2. The maximum absolute atomic E-state index is 14.0. The molecule has 1 fully saturated rings. The number of aromatic nitrogens is 4. The number of ether oxygens (including phenoxy) is 2. The molecule has 258 valence electrons. The number of benzene rings is 3. The summed E-state index contributed by atoms with van der Waals surface area (Å²) in [5.41, 5.74) is 4.76. The first-order valence-corrected chi connectivity index (χ1v) is 18.3. The van der Waals surface area contributed by atoms with E-state index in [0.29, 0.717) is 56.7 Å². The van der Waals surface area contributed by atoms with Gasteiger partial charge in [0, 0.05) is 17.0 Å². The number of fused-ring (bicyclic) bond motifs is 1. The van der Waals surface area contributed by atoms with Crippen molar-refractivity contribution in [3.8, 4) is 11.5 Å². The normalized spacial score (nSPS) is 15.5. The Hall–Kier alpha value is -5.17. The molecule has 0 aliphatic carbocycles. The number of amides is 1. The highest BCUT2D eigenvalue weighted by Gasteiger charge is 2.49. The highest BCUT2D eigenvalue weighted by Crippen LogP contribution is 2.46. The van der Waals surface area contributed by atoms with Crippen molar-refractivity contribution in [3.63, 3.8) is 0 Å². The number of aliphatic hydroxyl groups is 1. The maximum Gasteiger partial charge on any atom is 0.301 e. The van der Waals surface area contributed by atoms with Crippen LogP contribution in [0.2, 0.25) is 5.02 Å². The van der Waals surface area contributed by atoms with Gasteiger partial charge in [0.25, 0.3) is 5.78 Å². The van der Waals surface area contributed by atoms with Crippen molar-refractivity contribution in [1.29, 1.82) is 0 Å². The second kappa shape index (κ2) is 14.6. The predicted octanol–water partition coefficient (Wildman–Crippen LogP) is 8.35. The molecule has 4 heterocycles. The number of aliphatic hydroxyl groups excluding tert-OH is 1. The van der Waals surface area contributed by atoms with Crippen LogP contribution in [-0.2, 0) is 21.9 Å². The highest BCUT2D eigenvalue weighted by molar-refractivity contribution is 8.00. The average molecular weight is 738 g/mol. The molecule has 1 saturated heterocycles. The molecule has 0 radical (unpaired) electrons. The van der Waals surface area contributed by atoms with E-state index < -0.39 is 17.7 Å². The fraction of sp³-hybridized carbons (Fsp3) is 0.184. The Balaban J connectivity index is 1.31. The number of hydrogen-bond donors (Lipinski definition) is 1. The molecule has 0 bridgehead atoms. The molecule has 1 atom stereocenters. The molecule has 6 aromatic rings. The van der Waals surface area contributed by atoms with Crippen LogP contribution in [0.5, 0.6) is 11.5 Å². The van der Waals surface area contributed by atoms with E-state index in [2.05, 4.69) is 10.2 Å². The van der Waals surface area contributed by atoms with Crippen LogP contribution >= 0.6 is 34.7 Å². The van der Waals surface area contributed by atoms with Gasteiger partial charge in [-0.15, -0.1) is 10.2 Å². The molecule has 7 rings (SSSR count). The fourth-order valence-corrected chi connectivity index (χ4v) is 7.87. The number of thioether (sulfide) groups is 1. The molecule has 1 aliphatic heterocycles. The maximum atomic E-state index is 14.0. The van der Waals surface area contributed by atoms with Crippen molar-refractivity contribution >= 4 is 62.9 Å². The van der Waals surface area contributed by atoms with E-state index in [9.17, 15) is 14.7 Å². The number of hydrogen-bond acceptors (Lipinski definition) is 10. The lowest BCUT2D eigenvalue weighted by Crippen LogP contribution is -2.29. The Kier molecular flexibility index (Phi) is 9.81. The summed E-state index contributed by atoms with van der Waals surface area (Å²) >= 11 is 8.68. The van der Waals surface area contributed by atoms with Gasteiger partial charge in [0.05, 0.1) is 23.9 Å². The van der Waals surface area contributed by atoms with Crippen LogP contribution in [0.4, 0.5) is 5.13 Å². The van der Waals surface area contributed by atoms with Gasteiger partial charge < -0.3 is 19.0 Å². The van der Waals surface area contributed by atoms with Crippen molar-refractivity contribution in [2.45, 2.75) is 43.5 Å². The summed E-state index contributed by atoms with van der Waals surface area (Å²) < 4.78 is 14.6. The van der Waals surface area contributed by atoms with Crippen molar-refractivity contribution < 1.29 is 24.2 Å². The topological polar surface area (TPSA) is 119 Å². The standard InChI is InChI=1S/C38H32ClN5O5S2/c1-4-48-29-19-26(14-17-28(29)49-20-24-10-6-5-7-11-24)32-30(33(45)31-23(3)43-18-8-9-22(2)35(43)40-31)34(46)36(47)44(32)37-41-42-38(51-37)50-21-25-12-15-27(39)16-13-25/h5-19,32,45H,4,20-21H2,1-3H3/b33-30+. The molecule has 3 aromatic carbocycles. The van der Waals surface area contributed by atoms with Gasteiger partial charge in [-0.05, 0) is 73.4 Å². The van der Waals surface area contributed by atoms with Gasteiger partial charge in [-0.25, -0.2) is 4.98 Å². The van der Waals surface area contributed by atoms with Crippen molar-refractivity contribution in [1.82, 2.24) is 19.6 Å². The zero-order valence-corrected chi connectivity index (χ0v) is 30.3. The van der Waals surface area contributed by atoms with Gasteiger partial charge in [0.2, 0.25) is 5.13 Å². The predicted molar refractivity (Wildman–Crippen MR) is 199 cm³/mol. The smallest absolute Gasteiger partial charge is 0.301 e. The number of nitrogens with zero attached hydrogens (tertiary/aromatic N) is 5. The van der Waals surface area contributed by atoms with E-state index >= 15 is 0 Å². The van der Waals surface area contributed by atoms with Crippen LogP contribution in [0.3, 0.4) is 0 Å². The van der Waals surface area contributed by atoms with Gasteiger partial charge in [-0.3, -0.25) is 14.5 Å². The second-order valence-electron chi connectivity index (χ2n) is 11.8. The Morgan fingerprint density at radius 3 is 2.47 bits per heavy atom. The Bertz CT molecular complexity index is 2290. The molecule has 1 unspecified atom stereocenters.